The maximum atomic E-state index is 15.7. The van der Waals surface area contributed by atoms with Crippen LogP contribution >= 0.6 is 0 Å². The number of halogens is 4. The number of anilines is 2. The van der Waals surface area contributed by atoms with Gasteiger partial charge in [-0.25, -0.2) is 13.9 Å². The number of rotatable bonds is 4. The predicted octanol–water partition coefficient (Wildman–Crippen LogP) is -0.643. The first kappa shape index (κ1) is 30.2. The summed E-state index contributed by atoms with van der Waals surface area (Å²) in [6.45, 7) is 3.32. The smallest absolute Gasteiger partial charge is 0.382 e. The molecular weight excluding hydrogens is 564 g/mol. The predicted molar refractivity (Wildman–Crippen MR) is 164 cm³/mol. The Bertz CT molecular complexity index is 1790. The zero-order chi connectivity index (χ0) is 31.9. The Morgan fingerprint density at radius 1 is 1.02 bits per heavy atom. The van der Waals surface area contributed by atoms with Crippen molar-refractivity contribution in [2.24, 2.45) is 0 Å². The largest absolute Gasteiger partial charge is 0.408 e. The number of piperazine rings is 1. The third kappa shape index (κ3) is 4.58. The molecule has 0 radical (unpaired) electrons. The van der Waals surface area contributed by atoms with Crippen LogP contribution in [0.15, 0.2) is 42.9 Å². The summed E-state index contributed by atoms with van der Waals surface area (Å²) < 4.78 is 57.8. The van der Waals surface area contributed by atoms with Crippen molar-refractivity contribution in [1.29, 1.82) is 0 Å². The summed E-state index contributed by atoms with van der Waals surface area (Å²) in [6.07, 6.45) is -2.08. The van der Waals surface area contributed by atoms with E-state index in [1.807, 2.05) is 15.7 Å². The monoisotopic (exact) mass is 592 g/mol. The van der Waals surface area contributed by atoms with Crippen molar-refractivity contribution in [1.82, 2.24) is 29.3 Å². The van der Waals surface area contributed by atoms with Gasteiger partial charge >= 0.3 is 6.18 Å². The van der Waals surface area contributed by atoms with Crippen LogP contribution in [0.1, 0.15) is 20.8 Å². The molecule has 4 aromatic rings. The van der Waals surface area contributed by atoms with Crippen LogP contribution in [-0.4, -0.2) is 94.9 Å². The zero-order valence-corrected chi connectivity index (χ0v) is 24.8. The van der Waals surface area contributed by atoms with Gasteiger partial charge < -0.3 is 15.5 Å². The minimum atomic E-state index is -4.53. The molecule has 18 heteroatoms. The Morgan fingerprint density at radius 2 is 1.70 bits per heavy atom. The molecule has 0 bridgehead atoms. The number of benzene rings is 1. The molecule has 1 fully saturated rings. The second-order valence-corrected chi connectivity index (χ2v) is 12.2. The molecule has 4 heterocycles. The van der Waals surface area contributed by atoms with E-state index in [9.17, 15) is 22.8 Å². The van der Waals surface area contributed by atoms with Gasteiger partial charge in [0.25, 0.3) is 5.91 Å². The van der Waals surface area contributed by atoms with Gasteiger partial charge in [0.2, 0.25) is 5.91 Å². The van der Waals surface area contributed by atoms with Gasteiger partial charge in [-0.05, 0) is 54.9 Å². The quantitative estimate of drug-likeness (QED) is 0.250. The summed E-state index contributed by atoms with van der Waals surface area (Å²) in [6, 6.07) is 7.18. The van der Waals surface area contributed by atoms with E-state index in [1.54, 1.807) is 35.6 Å². The molecule has 0 saturated carbocycles. The fraction of sp³-hybridized carbons (Fsp3) is 0.320. The molecule has 3 aromatic heterocycles. The second-order valence-electron chi connectivity index (χ2n) is 12.2. The lowest BCUT2D eigenvalue weighted by Gasteiger charge is -2.64. The van der Waals surface area contributed by atoms with E-state index in [0.717, 1.165) is 4.68 Å². The summed E-state index contributed by atoms with van der Waals surface area (Å²) in [5.41, 5.74) is 6.28. The van der Waals surface area contributed by atoms with E-state index >= 15 is 4.39 Å². The Balaban J connectivity index is 1.72. The summed E-state index contributed by atoms with van der Waals surface area (Å²) in [7, 11) is 7.19. The molecule has 1 aliphatic rings. The number of alkyl halides is 3. The van der Waals surface area contributed by atoms with E-state index in [1.165, 1.54) is 58.0 Å². The van der Waals surface area contributed by atoms with Crippen molar-refractivity contribution in [2.75, 3.05) is 10.6 Å². The number of nitrogens with zero attached hydrogens (tertiary/aromatic N) is 7. The van der Waals surface area contributed by atoms with E-state index < -0.39 is 40.7 Å². The summed E-state index contributed by atoms with van der Waals surface area (Å²) in [5.74, 6) is -1.43. The van der Waals surface area contributed by atoms with Crippen molar-refractivity contribution < 1.29 is 27.2 Å². The van der Waals surface area contributed by atoms with E-state index in [0.29, 0.717) is 11.3 Å². The highest BCUT2D eigenvalue weighted by atomic mass is 19.4. The molecule has 0 spiro atoms. The molecule has 10 nitrogen and oxygen atoms in total. The fourth-order valence-corrected chi connectivity index (χ4v) is 6.24. The summed E-state index contributed by atoms with van der Waals surface area (Å²) in [5, 5.41) is 6.13. The van der Waals surface area contributed by atoms with E-state index in [4.69, 9.17) is 5.73 Å². The van der Waals surface area contributed by atoms with Gasteiger partial charge in [-0.3, -0.25) is 14.3 Å². The van der Waals surface area contributed by atoms with E-state index in [-0.39, 0.29) is 34.2 Å². The van der Waals surface area contributed by atoms with Gasteiger partial charge in [0, 0.05) is 24.2 Å². The highest BCUT2D eigenvalue weighted by Gasteiger charge is 2.60. The van der Waals surface area contributed by atoms with Crippen LogP contribution in [0.5, 0.6) is 0 Å². The van der Waals surface area contributed by atoms with Crippen LogP contribution in [-0.2, 0) is 16.1 Å². The number of hydrogen-bond acceptors (Lipinski definition) is 6. The number of hydrogen-bond donors (Lipinski definition) is 1. The third-order valence-corrected chi connectivity index (χ3v) is 8.60. The zero-order valence-electron chi connectivity index (χ0n) is 24.8. The first-order valence-corrected chi connectivity index (χ1v) is 13.5. The number of carbonyl (C=O) groups excluding carboxylic acids is 2. The molecule has 2 N–H and O–H groups in total. The molecular formula is C25H28B4F4N8O2. The molecule has 220 valence electrons. The maximum Gasteiger partial charge on any atom is 0.408 e. The van der Waals surface area contributed by atoms with Crippen LogP contribution in [0.3, 0.4) is 0 Å². The first-order chi connectivity index (χ1) is 19.8. The lowest BCUT2D eigenvalue weighted by molar-refractivity contribution is -0.150. The highest BCUT2D eigenvalue weighted by Crippen LogP contribution is 2.43. The molecule has 1 aliphatic heterocycles. The lowest BCUT2D eigenvalue weighted by Crippen LogP contribution is -2.85. The Morgan fingerprint density at radius 3 is 2.33 bits per heavy atom. The van der Waals surface area contributed by atoms with Gasteiger partial charge in [0.15, 0.2) is 5.82 Å². The van der Waals surface area contributed by atoms with Gasteiger partial charge in [-0.2, -0.15) is 23.4 Å². The van der Waals surface area contributed by atoms with Crippen molar-refractivity contribution in [2.45, 2.75) is 49.7 Å². The van der Waals surface area contributed by atoms with Crippen molar-refractivity contribution >= 4 is 60.2 Å². The SMILES string of the molecule is BC1(B)N(c2cc(-c3cc(-c4ccnn4CC(F)(F)F)c4c(N)ncnn34)ccc2F)C(=O)C(C)(C)N(C(C)=O)C1(B)B. The minimum Gasteiger partial charge on any atom is -0.382 e. The molecule has 43 heavy (non-hydrogen) atoms. The number of nitrogen functional groups attached to an aromatic ring is 1. The lowest BCUT2D eigenvalue weighted by atomic mass is 9.35. The third-order valence-electron chi connectivity index (χ3n) is 8.60. The fourth-order valence-electron chi connectivity index (χ4n) is 6.24. The number of amides is 2. The van der Waals surface area contributed by atoms with Crippen molar-refractivity contribution in [3.05, 3.63) is 48.7 Å². The normalized spacial score (nSPS) is 17.9. The molecule has 0 aliphatic carbocycles. The van der Waals surface area contributed by atoms with Gasteiger partial charge in [0.1, 0.15) is 61.1 Å². The van der Waals surface area contributed by atoms with Crippen LogP contribution < -0.4 is 10.6 Å². The van der Waals surface area contributed by atoms with E-state index in [2.05, 4.69) is 15.2 Å². The maximum absolute atomic E-state index is 15.7. The Kier molecular flexibility index (Phi) is 6.78. The number of aromatic nitrogens is 5. The van der Waals surface area contributed by atoms with Crippen LogP contribution in [0.4, 0.5) is 29.1 Å². The first-order valence-electron chi connectivity index (χ1n) is 13.5. The minimum absolute atomic E-state index is 0.0125. The Labute approximate surface area is 248 Å². The molecule has 5 rings (SSSR count). The van der Waals surface area contributed by atoms with Crippen LogP contribution in [0.25, 0.3) is 28.0 Å². The number of carbonyl (C=O) groups is 2. The standard InChI is InChI=1S/C25H28B4F4N8O2/c1-12(42)41-22(2,3)21(43)39(24(26,27)25(41,28)29)18-8-13(4-5-15(18)30)17-9-14(19-20(34)35-11-37-40(17)19)16-6-7-36-38(16)10-23(31,32)33/h4-9,11H,10,26-29H2,1-3H3,(H2,34,35,37). The molecule has 0 unspecified atom stereocenters. The van der Waals surface area contributed by atoms with Gasteiger partial charge in [-0.15, -0.1) is 0 Å². The van der Waals surface area contributed by atoms with Gasteiger partial charge in [-0.1, -0.05) is 0 Å². The highest BCUT2D eigenvalue weighted by molar-refractivity contribution is 6.58. The topological polar surface area (TPSA) is 115 Å². The Hall–Kier alpha value is -4.23. The van der Waals surface area contributed by atoms with Crippen molar-refractivity contribution in [3.8, 4) is 22.5 Å². The molecule has 1 saturated heterocycles. The van der Waals surface area contributed by atoms with Crippen molar-refractivity contribution in [3.63, 3.8) is 0 Å². The average molecular weight is 592 g/mol. The molecule has 2 amide bonds. The summed E-state index contributed by atoms with van der Waals surface area (Å²) in [4.78, 5) is 33.7. The number of nitrogens with two attached hydrogens (primary N) is 1. The summed E-state index contributed by atoms with van der Waals surface area (Å²) >= 11 is 0. The van der Waals surface area contributed by atoms with Gasteiger partial charge in [0.05, 0.1) is 17.1 Å². The number of fused-ring (bicyclic) bond motifs is 1. The second kappa shape index (κ2) is 9.64. The molecule has 0 atom stereocenters. The average Bonchev–Trinajstić information content (AvgIpc) is 3.47. The van der Waals surface area contributed by atoms with Crippen LogP contribution in [0, 0.1) is 5.82 Å². The molecule has 1 aromatic carbocycles. The van der Waals surface area contributed by atoms with Crippen LogP contribution in [0.2, 0.25) is 0 Å².